The normalized spacial score (nSPS) is 25.9. The van der Waals surface area contributed by atoms with Crippen LogP contribution >= 0.6 is 0 Å². The highest BCUT2D eigenvalue weighted by atomic mass is 16.3. The molecule has 1 rings (SSSR count). The zero-order valence-corrected chi connectivity index (χ0v) is 9.24. The van der Waals surface area contributed by atoms with Gasteiger partial charge in [0.15, 0.2) is 0 Å². The zero-order chi connectivity index (χ0) is 11.1. The van der Waals surface area contributed by atoms with E-state index in [1.807, 2.05) is 0 Å². The fourth-order valence-corrected chi connectivity index (χ4v) is 1.93. The molecular weight excluding hydrogens is 190 g/mol. The summed E-state index contributed by atoms with van der Waals surface area (Å²) >= 11 is 0. The van der Waals surface area contributed by atoms with Crippen LogP contribution in [0.5, 0.6) is 0 Å². The molecule has 1 amide bonds. The van der Waals surface area contributed by atoms with E-state index >= 15 is 0 Å². The summed E-state index contributed by atoms with van der Waals surface area (Å²) in [5, 5.41) is 12.3. The average molecular weight is 211 g/mol. The molecule has 1 saturated carbocycles. The summed E-state index contributed by atoms with van der Waals surface area (Å²) < 4.78 is 0. The molecule has 0 atom stereocenters. The van der Waals surface area contributed by atoms with E-state index in [1.165, 1.54) is 0 Å². The van der Waals surface area contributed by atoms with E-state index in [0.717, 1.165) is 38.6 Å². The van der Waals surface area contributed by atoms with Crippen molar-refractivity contribution >= 4 is 5.91 Å². The van der Waals surface area contributed by atoms with Gasteiger partial charge in [-0.3, -0.25) is 4.79 Å². The number of carbonyl (C=O) groups excluding carboxylic acids is 1. The molecule has 3 heteroatoms. The Balaban J connectivity index is 2.09. The Hall–Kier alpha value is -0.830. The predicted molar refractivity (Wildman–Crippen MR) is 60.4 cm³/mol. The van der Waals surface area contributed by atoms with Crippen LogP contribution in [0.25, 0.3) is 0 Å². The number of amides is 1. The SMILES string of the molecule is C=CCCC(=O)NCC1CCC(O)CC1. The van der Waals surface area contributed by atoms with Crippen LogP contribution < -0.4 is 5.32 Å². The topological polar surface area (TPSA) is 49.3 Å². The van der Waals surface area contributed by atoms with Crippen molar-refractivity contribution in [1.29, 1.82) is 0 Å². The lowest BCUT2D eigenvalue weighted by Crippen LogP contribution is -2.31. The van der Waals surface area contributed by atoms with E-state index < -0.39 is 0 Å². The second kappa shape index (κ2) is 6.62. The Bertz CT molecular complexity index is 208. The molecule has 0 aromatic carbocycles. The summed E-state index contributed by atoms with van der Waals surface area (Å²) in [6.07, 6.45) is 6.76. The Morgan fingerprint density at radius 1 is 1.40 bits per heavy atom. The van der Waals surface area contributed by atoms with Gasteiger partial charge < -0.3 is 10.4 Å². The van der Waals surface area contributed by atoms with Crippen molar-refractivity contribution in [3.8, 4) is 0 Å². The molecule has 86 valence electrons. The summed E-state index contributed by atoms with van der Waals surface area (Å²) in [5.41, 5.74) is 0. The second-order valence-corrected chi connectivity index (χ2v) is 4.31. The standard InChI is InChI=1S/C12H21NO2/c1-2-3-4-12(15)13-9-10-5-7-11(14)8-6-10/h2,10-11,14H,1,3-9H2,(H,13,15). The van der Waals surface area contributed by atoms with E-state index in [0.29, 0.717) is 12.3 Å². The second-order valence-electron chi connectivity index (χ2n) is 4.31. The first-order chi connectivity index (χ1) is 7.22. The Kier molecular flexibility index (Phi) is 5.40. The van der Waals surface area contributed by atoms with Gasteiger partial charge in [-0.25, -0.2) is 0 Å². The molecule has 0 unspecified atom stereocenters. The van der Waals surface area contributed by atoms with Gasteiger partial charge in [0.2, 0.25) is 5.91 Å². The first-order valence-corrected chi connectivity index (χ1v) is 5.78. The van der Waals surface area contributed by atoms with E-state index in [4.69, 9.17) is 0 Å². The van der Waals surface area contributed by atoms with Crippen molar-refractivity contribution in [2.45, 2.75) is 44.6 Å². The Labute approximate surface area is 91.6 Å². The summed E-state index contributed by atoms with van der Waals surface area (Å²) in [6.45, 7) is 4.35. The maximum atomic E-state index is 11.3. The molecule has 0 aromatic rings. The largest absolute Gasteiger partial charge is 0.393 e. The van der Waals surface area contributed by atoms with Gasteiger partial charge in [0.25, 0.3) is 0 Å². The average Bonchev–Trinajstić information content (AvgIpc) is 2.25. The monoisotopic (exact) mass is 211 g/mol. The molecule has 0 spiro atoms. The van der Waals surface area contributed by atoms with Crippen LogP contribution in [0.1, 0.15) is 38.5 Å². The van der Waals surface area contributed by atoms with Crippen molar-refractivity contribution in [1.82, 2.24) is 5.32 Å². The molecule has 0 aliphatic heterocycles. The number of carbonyl (C=O) groups is 1. The molecule has 0 radical (unpaired) electrons. The Morgan fingerprint density at radius 3 is 2.67 bits per heavy atom. The van der Waals surface area contributed by atoms with Crippen LogP contribution in [-0.2, 0) is 4.79 Å². The highest BCUT2D eigenvalue weighted by molar-refractivity contribution is 5.75. The van der Waals surface area contributed by atoms with E-state index in [1.54, 1.807) is 6.08 Å². The highest BCUT2D eigenvalue weighted by Crippen LogP contribution is 2.23. The zero-order valence-electron chi connectivity index (χ0n) is 9.24. The molecule has 3 nitrogen and oxygen atoms in total. The van der Waals surface area contributed by atoms with E-state index in [9.17, 15) is 9.90 Å². The molecule has 1 aliphatic rings. The first-order valence-electron chi connectivity index (χ1n) is 5.78. The summed E-state index contributed by atoms with van der Waals surface area (Å²) in [7, 11) is 0. The molecular formula is C12H21NO2. The van der Waals surface area contributed by atoms with Crippen molar-refractivity contribution in [2.75, 3.05) is 6.54 Å². The van der Waals surface area contributed by atoms with Gasteiger partial charge in [-0.2, -0.15) is 0 Å². The van der Waals surface area contributed by atoms with Crippen molar-refractivity contribution < 1.29 is 9.90 Å². The van der Waals surface area contributed by atoms with Crippen LogP contribution in [0.2, 0.25) is 0 Å². The maximum Gasteiger partial charge on any atom is 0.220 e. The quantitative estimate of drug-likeness (QED) is 0.679. The van der Waals surface area contributed by atoms with Crippen molar-refractivity contribution in [3.05, 3.63) is 12.7 Å². The summed E-state index contributed by atoms with van der Waals surface area (Å²) in [6, 6.07) is 0. The van der Waals surface area contributed by atoms with Crippen molar-refractivity contribution in [2.24, 2.45) is 5.92 Å². The number of allylic oxidation sites excluding steroid dienone is 1. The van der Waals surface area contributed by atoms with Gasteiger partial charge in [0.1, 0.15) is 0 Å². The van der Waals surface area contributed by atoms with Crippen molar-refractivity contribution in [3.63, 3.8) is 0 Å². The van der Waals surface area contributed by atoms with Gasteiger partial charge in [-0.05, 0) is 38.0 Å². The van der Waals surface area contributed by atoms with E-state index in [2.05, 4.69) is 11.9 Å². The third kappa shape index (κ3) is 4.98. The minimum Gasteiger partial charge on any atom is -0.393 e. The van der Waals surface area contributed by atoms with E-state index in [-0.39, 0.29) is 12.0 Å². The van der Waals surface area contributed by atoms with Crippen LogP contribution in [0.4, 0.5) is 0 Å². The fourth-order valence-electron chi connectivity index (χ4n) is 1.93. The van der Waals surface area contributed by atoms with Crippen LogP contribution in [-0.4, -0.2) is 23.7 Å². The first kappa shape index (κ1) is 12.2. The number of hydrogen-bond donors (Lipinski definition) is 2. The van der Waals surface area contributed by atoms with Gasteiger partial charge in [0, 0.05) is 13.0 Å². The van der Waals surface area contributed by atoms with Gasteiger partial charge in [0.05, 0.1) is 6.10 Å². The lowest BCUT2D eigenvalue weighted by molar-refractivity contribution is -0.121. The van der Waals surface area contributed by atoms with Gasteiger partial charge in [-0.15, -0.1) is 6.58 Å². The van der Waals surface area contributed by atoms with Crippen LogP contribution in [0, 0.1) is 5.92 Å². The molecule has 1 aliphatic carbocycles. The number of nitrogens with one attached hydrogen (secondary N) is 1. The predicted octanol–water partition coefficient (Wildman–Crippen LogP) is 1.62. The summed E-state index contributed by atoms with van der Waals surface area (Å²) in [4.78, 5) is 11.3. The molecule has 0 bridgehead atoms. The van der Waals surface area contributed by atoms with Gasteiger partial charge in [-0.1, -0.05) is 6.08 Å². The fraction of sp³-hybridized carbons (Fsp3) is 0.750. The third-order valence-electron chi connectivity index (χ3n) is 2.98. The molecule has 0 heterocycles. The third-order valence-corrected chi connectivity index (χ3v) is 2.98. The molecule has 0 aromatic heterocycles. The van der Waals surface area contributed by atoms with Gasteiger partial charge >= 0.3 is 0 Å². The smallest absolute Gasteiger partial charge is 0.220 e. The molecule has 2 N–H and O–H groups in total. The number of hydrogen-bond acceptors (Lipinski definition) is 2. The molecule has 15 heavy (non-hydrogen) atoms. The number of aliphatic hydroxyl groups is 1. The minimum absolute atomic E-state index is 0.112. The molecule has 0 saturated heterocycles. The van der Waals surface area contributed by atoms with Crippen LogP contribution in [0.3, 0.4) is 0 Å². The lowest BCUT2D eigenvalue weighted by Gasteiger charge is -2.25. The summed E-state index contributed by atoms with van der Waals surface area (Å²) in [5.74, 6) is 0.669. The Morgan fingerprint density at radius 2 is 2.07 bits per heavy atom. The van der Waals surface area contributed by atoms with Crippen LogP contribution in [0.15, 0.2) is 12.7 Å². The number of aliphatic hydroxyl groups excluding tert-OH is 1. The number of rotatable bonds is 5. The lowest BCUT2D eigenvalue weighted by atomic mass is 9.87. The maximum absolute atomic E-state index is 11.3. The minimum atomic E-state index is -0.113. The molecule has 1 fully saturated rings. The highest BCUT2D eigenvalue weighted by Gasteiger charge is 2.19.